The number of ether oxygens (including phenoxy) is 2. The first-order valence-electron chi connectivity index (χ1n) is 15.6. The van der Waals surface area contributed by atoms with Gasteiger partial charge in [0, 0.05) is 30.2 Å². The Morgan fingerprint density at radius 3 is 2.10 bits per heavy atom. The number of benzene rings is 5. The van der Waals surface area contributed by atoms with E-state index >= 15 is 0 Å². The molecular weight excluding hydrogens is 681 g/mol. The molecule has 0 aromatic heterocycles. The van der Waals surface area contributed by atoms with Gasteiger partial charge in [-0.2, -0.15) is 0 Å². The minimum absolute atomic E-state index is 0.0558. The van der Waals surface area contributed by atoms with Gasteiger partial charge < -0.3 is 19.7 Å². The Bertz CT molecular complexity index is 2000. The Morgan fingerprint density at radius 2 is 1.44 bits per heavy atom. The molecule has 1 atom stereocenters. The molecule has 0 aliphatic carbocycles. The zero-order valence-corrected chi connectivity index (χ0v) is 28.7. The number of nitrogens with one attached hydrogen (secondary N) is 2. The minimum atomic E-state index is -3.97. The average Bonchev–Trinajstić information content (AvgIpc) is 3.13. The van der Waals surface area contributed by atoms with E-state index in [-0.39, 0.29) is 41.7 Å². The number of nitrogens with zero attached hydrogens (tertiary/aromatic N) is 1. The highest BCUT2D eigenvalue weighted by molar-refractivity contribution is 7.92. The van der Waals surface area contributed by atoms with Crippen LogP contribution in [0.1, 0.15) is 16.7 Å². The number of carbonyl (C=O) groups is 2. The van der Waals surface area contributed by atoms with Gasteiger partial charge in [0.25, 0.3) is 15.9 Å². The van der Waals surface area contributed by atoms with E-state index in [1.165, 1.54) is 41.3 Å². The number of anilines is 1. The quantitative estimate of drug-likeness (QED) is 0.126. The van der Waals surface area contributed by atoms with E-state index in [4.69, 9.17) is 21.1 Å². The van der Waals surface area contributed by atoms with E-state index in [0.29, 0.717) is 10.8 Å². The topological polar surface area (TPSA) is 114 Å². The molecule has 5 aromatic rings. The molecule has 0 radical (unpaired) electrons. The number of methoxy groups -OCH3 is 1. The lowest BCUT2D eigenvalue weighted by atomic mass is 10.0. The van der Waals surface area contributed by atoms with Gasteiger partial charge in [-0.05, 0) is 83.4 Å². The number of amides is 2. The third-order valence-corrected chi connectivity index (χ3v) is 9.55. The van der Waals surface area contributed by atoms with Gasteiger partial charge in [0.15, 0.2) is 6.61 Å². The molecule has 0 saturated carbocycles. The molecule has 1 unspecified atom stereocenters. The highest BCUT2D eigenvalue weighted by atomic mass is 35.5. The third kappa shape index (κ3) is 9.83. The second kappa shape index (κ2) is 16.8. The molecule has 0 bridgehead atoms. The van der Waals surface area contributed by atoms with Crippen molar-refractivity contribution in [3.05, 3.63) is 155 Å². The van der Waals surface area contributed by atoms with Crippen LogP contribution in [-0.4, -0.2) is 44.9 Å². The fraction of sp³-hybridized carbons (Fsp3) is 0.158. The molecule has 258 valence electrons. The van der Waals surface area contributed by atoms with E-state index < -0.39 is 34.4 Å². The van der Waals surface area contributed by atoms with Crippen molar-refractivity contribution in [2.75, 3.05) is 18.4 Å². The maximum Gasteiger partial charge on any atom is 0.261 e. The van der Waals surface area contributed by atoms with E-state index in [2.05, 4.69) is 10.0 Å². The molecule has 0 fully saturated rings. The van der Waals surface area contributed by atoms with E-state index in [9.17, 15) is 22.4 Å². The van der Waals surface area contributed by atoms with Gasteiger partial charge in [-0.25, -0.2) is 12.8 Å². The molecule has 0 heterocycles. The van der Waals surface area contributed by atoms with E-state index in [1.807, 2.05) is 54.6 Å². The van der Waals surface area contributed by atoms with Crippen LogP contribution in [-0.2, 0) is 39.1 Å². The van der Waals surface area contributed by atoms with Crippen LogP contribution >= 0.6 is 11.6 Å². The van der Waals surface area contributed by atoms with Gasteiger partial charge in [-0.15, -0.1) is 0 Å². The van der Waals surface area contributed by atoms with Gasteiger partial charge >= 0.3 is 0 Å². The van der Waals surface area contributed by atoms with Crippen molar-refractivity contribution in [2.24, 2.45) is 0 Å². The molecular formula is C38H35ClFN3O6S. The summed E-state index contributed by atoms with van der Waals surface area (Å²) in [5.74, 6) is -0.447. The Morgan fingerprint density at radius 1 is 0.800 bits per heavy atom. The smallest absolute Gasteiger partial charge is 0.261 e. The fourth-order valence-electron chi connectivity index (χ4n) is 5.10. The van der Waals surface area contributed by atoms with Gasteiger partial charge in [0.05, 0.1) is 12.0 Å². The molecule has 0 spiro atoms. The normalized spacial score (nSPS) is 11.7. The lowest BCUT2D eigenvalue weighted by Crippen LogP contribution is -2.51. The summed E-state index contributed by atoms with van der Waals surface area (Å²) in [6, 6.07) is 33.3. The summed E-state index contributed by atoms with van der Waals surface area (Å²) in [7, 11) is -2.41. The van der Waals surface area contributed by atoms with Crippen LogP contribution < -0.4 is 19.5 Å². The van der Waals surface area contributed by atoms with E-state index in [1.54, 1.807) is 31.4 Å². The monoisotopic (exact) mass is 715 g/mol. The number of rotatable bonds is 15. The second-order valence-electron chi connectivity index (χ2n) is 11.3. The van der Waals surface area contributed by atoms with Crippen LogP contribution in [0.5, 0.6) is 11.5 Å². The molecule has 9 nitrogen and oxygen atoms in total. The summed E-state index contributed by atoms with van der Waals surface area (Å²) >= 11 is 6.35. The van der Waals surface area contributed by atoms with Crippen molar-refractivity contribution in [3.8, 4) is 11.5 Å². The van der Waals surface area contributed by atoms with Gasteiger partial charge in [-0.3, -0.25) is 14.3 Å². The summed E-state index contributed by atoms with van der Waals surface area (Å²) in [5.41, 5.74) is 2.55. The maximum atomic E-state index is 14.0. The lowest BCUT2D eigenvalue weighted by molar-refractivity contribution is -0.142. The van der Waals surface area contributed by atoms with Gasteiger partial charge in [-0.1, -0.05) is 72.3 Å². The van der Waals surface area contributed by atoms with Crippen LogP contribution in [0.3, 0.4) is 0 Å². The predicted molar refractivity (Wildman–Crippen MR) is 190 cm³/mol. The summed E-state index contributed by atoms with van der Waals surface area (Å²) in [4.78, 5) is 29.4. The SMILES string of the molecule is COc1ccc(CN(C(=O)COc2ccc(S(=O)(=O)Nc3ccc(F)cc3)cc2)C(Cc2ccccc2)C(=O)NCc2ccccc2Cl)cc1. The van der Waals surface area contributed by atoms with Gasteiger partial charge in [0.2, 0.25) is 5.91 Å². The largest absolute Gasteiger partial charge is 0.497 e. The number of sulfonamides is 1. The van der Waals surface area contributed by atoms with Crippen LogP contribution in [0, 0.1) is 5.82 Å². The zero-order chi connectivity index (χ0) is 35.5. The fourth-order valence-corrected chi connectivity index (χ4v) is 6.36. The standard InChI is InChI=1S/C38H35ClFN3O6S/c1-48-32-17-11-28(12-18-32)25-43(36(23-27-7-3-2-4-8-27)38(45)41-24-29-9-5-6-10-35(29)39)37(44)26-49-33-19-21-34(22-20-33)50(46,47)42-31-15-13-30(40)14-16-31/h2-22,36,42H,23-26H2,1H3,(H,41,45). The minimum Gasteiger partial charge on any atom is -0.497 e. The predicted octanol–water partition coefficient (Wildman–Crippen LogP) is 6.62. The highest BCUT2D eigenvalue weighted by Crippen LogP contribution is 2.22. The Hall–Kier alpha value is -5.39. The molecule has 50 heavy (non-hydrogen) atoms. The van der Waals surface area contributed by atoms with E-state index in [0.717, 1.165) is 28.8 Å². The number of halogens is 2. The molecule has 0 aliphatic heterocycles. The Balaban J connectivity index is 1.36. The second-order valence-corrected chi connectivity index (χ2v) is 13.3. The van der Waals surface area contributed by atoms with Crippen molar-refractivity contribution in [2.45, 2.75) is 30.4 Å². The molecule has 5 aromatic carbocycles. The molecule has 2 amide bonds. The number of carbonyl (C=O) groups excluding carboxylic acids is 2. The zero-order valence-electron chi connectivity index (χ0n) is 27.1. The summed E-state index contributed by atoms with van der Waals surface area (Å²) in [6.07, 6.45) is 0.227. The van der Waals surface area contributed by atoms with Crippen LogP contribution in [0.4, 0.5) is 10.1 Å². The summed E-state index contributed by atoms with van der Waals surface area (Å²) in [6.45, 7) is -0.176. The summed E-state index contributed by atoms with van der Waals surface area (Å²) < 4.78 is 52.5. The number of hydrogen-bond donors (Lipinski definition) is 2. The summed E-state index contributed by atoms with van der Waals surface area (Å²) in [5, 5.41) is 3.47. The first kappa shape index (κ1) is 35.9. The molecule has 2 N–H and O–H groups in total. The lowest BCUT2D eigenvalue weighted by Gasteiger charge is -2.31. The van der Waals surface area contributed by atoms with Crippen molar-refractivity contribution in [1.29, 1.82) is 0 Å². The van der Waals surface area contributed by atoms with Crippen molar-refractivity contribution in [1.82, 2.24) is 10.2 Å². The van der Waals surface area contributed by atoms with Crippen LogP contribution in [0.2, 0.25) is 5.02 Å². The van der Waals surface area contributed by atoms with Crippen LogP contribution in [0.25, 0.3) is 0 Å². The van der Waals surface area contributed by atoms with Crippen molar-refractivity contribution < 1.29 is 31.9 Å². The third-order valence-electron chi connectivity index (χ3n) is 7.79. The van der Waals surface area contributed by atoms with Crippen molar-refractivity contribution in [3.63, 3.8) is 0 Å². The Labute approximate surface area is 295 Å². The molecule has 0 aliphatic rings. The van der Waals surface area contributed by atoms with Crippen LogP contribution in [0.15, 0.2) is 132 Å². The van der Waals surface area contributed by atoms with Gasteiger partial charge in [0.1, 0.15) is 23.4 Å². The highest BCUT2D eigenvalue weighted by Gasteiger charge is 2.31. The first-order chi connectivity index (χ1) is 24.1. The molecule has 5 rings (SSSR count). The Kier molecular flexibility index (Phi) is 12.1. The average molecular weight is 716 g/mol. The van der Waals surface area contributed by atoms with Crippen molar-refractivity contribution >= 4 is 39.1 Å². The maximum absolute atomic E-state index is 14.0. The number of hydrogen-bond acceptors (Lipinski definition) is 6. The molecule has 0 saturated heterocycles. The first-order valence-corrected chi connectivity index (χ1v) is 17.5. The molecule has 12 heteroatoms.